The van der Waals surface area contributed by atoms with Gasteiger partial charge in [0.05, 0.1) is 10.6 Å². The Balaban J connectivity index is 1.38. The summed E-state index contributed by atoms with van der Waals surface area (Å²) in [5, 5.41) is 20.2. The highest BCUT2D eigenvalue weighted by atomic mass is 32.2. The number of nitrogens with zero attached hydrogens (tertiary/aromatic N) is 1. The molecule has 0 spiro atoms. The minimum Gasteiger partial charge on any atom is -0.508 e. The van der Waals surface area contributed by atoms with E-state index in [4.69, 9.17) is 0 Å². The van der Waals surface area contributed by atoms with Crippen molar-refractivity contribution in [2.75, 3.05) is 18.8 Å². The fourth-order valence-electron chi connectivity index (χ4n) is 5.15. The van der Waals surface area contributed by atoms with Gasteiger partial charge in [-0.15, -0.1) is 11.8 Å². The van der Waals surface area contributed by atoms with Gasteiger partial charge in [0.1, 0.15) is 5.75 Å². The number of carbonyl (C=O) groups is 1. The third-order valence-electron chi connectivity index (χ3n) is 6.46. The van der Waals surface area contributed by atoms with Crippen molar-refractivity contribution < 1.29 is 15.0 Å². The summed E-state index contributed by atoms with van der Waals surface area (Å²) >= 11 is 1.68. The maximum atomic E-state index is 11.8. The van der Waals surface area contributed by atoms with E-state index in [1.807, 2.05) is 18.2 Å². The van der Waals surface area contributed by atoms with Gasteiger partial charge >= 0.3 is 5.97 Å². The third kappa shape index (κ3) is 4.40. The van der Waals surface area contributed by atoms with Gasteiger partial charge < -0.3 is 15.1 Å². The number of phenolic OH excluding ortho intramolecular Hbond substituents is 1. The van der Waals surface area contributed by atoms with Crippen molar-refractivity contribution in [3.63, 3.8) is 0 Å². The van der Waals surface area contributed by atoms with Crippen LogP contribution in [0.25, 0.3) is 0 Å². The molecule has 2 N–H and O–H groups in total. The van der Waals surface area contributed by atoms with E-state index in [1.165, 1.54) is 25.7 Å². The van der Waals surface area contributed by atoms with Crippen LogP contribution in [-0.2, 0) is 11.2 Å². The molecule has 150 valence electrons. The molecule has 2 aliphatic carbocycles. The van der Waals surface area contributed by atoms with Gasteiger partial charge in [-0.25, -0.2) is 4.79 Å². The summed E-state index contributed by atoms with van der Waals surface area (Å²) in [6.45, 7) is 1.82. The van der Waals surface area contributed by atoms with E-state index in [1.54, 1.807) is 30.0 Å². The Bertz CT molecular complexity index is 788. The van der Waals surface area contributed by atoms with Crippen molar-refractivity contribution in [3.05, 3.63) is 52.6 Å². The number of hydrogen-bond acceptors (Lipinski definition) is 4. The molecule has 0 radical (unpaired) electrons. The highest BCUT2D eigenvalue weighted by molar-refractivity contribution is 8.03. The van der Waals surface area contributed by atoms with Gasteiger partial charge in [-0.3, -0.25) is 0 Å². The Hall–Kier alpha value is -1.88. The molecule has 28 heavy (non-hydrogen) atoms. The van der Waals surface area contributed by atoms with Gasteiger partial charge in [-0.05, 0) is 79.4 Å². The predicted octanol–water partition coefficient (Wildman–Crippen LogP) is 4.66. The molecule has 1 heterocycles. The number of hydrogen-bond donors (Lipinski definition) is 2. The molecule has 4 nitrogen and oxygen atoms in total. The summed E-state index contributed by atoms with van der Waals surface area (Å²) in [4.78, 5) is 14.1. The van der Waals surface area contributed by atoms with Gasteiger partial charge in [-0.2, -0.15) is 0 Å². The average Bonchev–Trinajstić information content (AvgIpc) is 3.29. The number of thioether (sulfide) groups is 1. The zero-order valence-corrected chi connectivity index (χ0v) is 17.0. The smallest absolute Gasteiger partial charge is 0.338 e. The first-order valence-electron chi connectivity index (χ1n) is 10.4. The molecular weight excluding hydrogens is 370 g/mol. The minimum absolute atomic E-state index is 0.301. The Morgan fingerprint density at radius 1 is 1.25 bits per heavy atom. The van der Waals surface area contributed by atoms with Gasteiger partial charge in [0.2, 0.25) is 0 Å². The lowest BCUT2D eigenvalue weighted by atomic mass is 9.88. The predicted molar refractivity (Wildman–Crippen MR) is 113 cm³/mol. The van der Waals surface area contributed by atoms with E-state index in [0.29, 0.717) is 11.3 Å². The zero-order valence-electron chi connectivity index (χ0n) is 16.2. The van der Waals surface area contributed by atoms with E-state index >= 15 is 0 Å². The first kappa shape index (κ1) is 19.4. The van der Waals surface area contributed by atoms with E-state index in [9.17, 15) is 15.0 Å². The second-order valence-electron chi connectivity index (χ2n) is 8.39. The quantitative estimate of drug-likeness (QED) is 0.623. The van der Waals surface area contributed by atoms with Crippen LogP contribution >= 0.6 is 11.8 Å². The summed E-state index contributed by atoms with van der Waals surface area (Å²) in [5.74, 6) is 2.84. The molecule has 3 atom stereocenters. The van der Waals surface area contributed by atoms with Crippen LogP contribution in [0.1, 0.15) is 37.7 Å². The van der Waals surface area contributed by atoms with Gasteiger partial charge in [0.15, 0.2) is 0 Å². The van der Waals surface area contributed by atoms with E-state index < -0.39 is 5.97 Å². The number of carboxylic acids is 1. The van der Waals surface area contributed by atoms with Crippen LogP contribution in [-0.4, -0.2) is 39.9 Å². The molecule has 5 heteroatoms. The maximum absolute atomic E-state index is 11.8. The molecular formula is C23H29NO3S. The Kier molecular flexibility index (Phi) is 6.00. The van der Waals surface area contributed by atoms with E-state index in [-0.39, 0.29) is 0 Å². The molecule has 1 aromatic rings. The first-order chi connectivity index (χ1) is 13.6. The molecule has 0 amide bonds. The largest absolute Gasteiger partial charge is 0.508 e. The Labute approximate surface area is 171 Å². The number of aliphatic carboxylic acids is 1. The lowest BCUT2D eigenvalue weighted by Crippen LogP contribution is -2.33. The monoisotopic (exact) mass is 399 g/mol. The van der Waals surface area contributed by atoms with Gasteiger partial charge in [0, 0.05) is 13.1 Å². The second-order valence-corrected chi connectivity index (χ2v) is 9.47. The topological polar surface area (TPSA) is 60.8 Å². The molecule has 2 fully saturated rings. The summed E-state index contributed by atoms with van der Waals surface area (Å²) < 4.78 is 0. The second kappa shape index (κ2) is 8.64. The Morgan fingerprint density at radius 3 is 2.86 bits per heavy atom. The minimum atomic E-state index is -0.829. The van der Waals surface area contributed by atoms with Crippen LogP contribution in [0.2, 0.25) is 0 Å². The lowest BCUT2D eigenvalue weighted by molar-refractivity contribution is -0.132. The Morgan fingerprint density at radius 2 is 2.14 bits per heavy atom. The van der Waals surface area contributed by atoms with E-state index in [0.717, 1.165) is 60.0 Å². The number of carboxylic acid groups (broad SMARTS) is 1. The van der Waals surface area contributed by atoms with Crippen LogP contribution in [0.5, 0.6) is 5.75 Å². The molecule has 0 saturated heterocycles. The standard InChI is InChI=1S/C23H29NO3S/c25-20-6-1-4-16(14-20)5-3-11-28-22-21(23(26)27)7-2-10-24(22)15-19-13-17-8-9-18(19)12-17/h1-2,4,6-7,14,17-19,25H,3,5,8-13,15H2,(H,26,27). The molecule has 4 rings (SSSR count). The van der Waals surface area contributed by atoms with Crippen molar-refractivity contribution >= 4 is 17.7 Å². The van der Waals surface area contributed by atoms with Gasteiger partial charge in [0.25, 0.3) is 0 Å². The summed E-state index contributed by atoms with van der Waals surface area (Å²) in [7, 11) is 0. The van der Waals surface area contributed by atoms with Crippen molar-refractivity contribution in [1.29, 1.82) is 0 Å². The summed E-state index contributed by atoms with van der Waals surface area (Å²) in [6.07, 6.45) is 11.1. The highest BCUT2D eigenvalue weighted by Gasteiger charge is 2.40. The van der Waals surface area contributed by atoms with Crippen molar-refractivity contribution in [1.82, 2.24) is 4.90 Å². The molecule has 2 saturated carbocycles. The molecule has 2 bridgehead atoms. The number of benzene rings is 1. The van der Waals surface area contributed by atoms with Crippen LogP contribution < -0.4 is 0 Å². The number of fused-ring (bicyclic) bond motifs is 2. The average molecular weight is 400 g/mol. The fraction of sp³-hybridized carbons (Fsp3) is 0.522. The molecule has 1 aliphatic heterocycles. The van der Waals surface area contributed by atoms with Crippen molar-refractivity contribution in [2.24, 2.45) is 17.8 Å². The number of aryl methyl sites for hydroxylation is 1. The maximum Gasteiger partial charge on any atom is 0.338 e. The van der Waals surface area contributed by atoms with E-state index in [2.05, 4.69) is 4.90 Å². The third-order valence-corrected chi connectivity index (χ3v) is 7.70. The normalized spacial score (nSPS) is 26.3. The lowest BCUT2D eigenvalue weighted by Gasteiger charge is -2.34. The molecule has 3 unspecified atom stereocenters. The van der Waals surface area contributed by atoms with Crippen molar-refractivity contribution in [3.8, 4) is 5.75 Å². The zero-order chi connectivity index (χ0) is 19.5. The summed E-state index contributed by atoms with van der Waals surface area (Å²) in [6, 6.07) is 7.38. The van der Waals surface area contributed by atoms with Crippen LogP contribution in [0.15, 0.2) is 47.0 Å². The molecule has 1 aromatic carbocycles. The van der Waals surface area contributed by atoms with Crippen LogP contribution in [0, 0.1) is 17.8 Å². The summed E-state index contributed by atoms with van der Waals surface area (Å²) in [5.41, 5.74) is 1.56. The van der Waals surface area contributed by atoms with Crippen LogP contribution in [0.3, 0.4) is 0 Å². The fourth-order valence-corrected chi connectivity index (χ4v) is 6.28. The highest BCUT2D eigenvalue weighted by Crippen LogP contribution is 2.49. The van der Waals surface area contributed by atoms with Crippen LogP contribution in [0.4, 0.5) is 0 Å². The SMILES string of the molecule is O=C(O)C1=C(SCCCc2cccc(O)c2)N(CC2CC3CCC2C3)CC=C1. The van der Waals surface area contributed by atoms with Crippen molar-refractivity contribution in [2.45, 2.75) is 38.5 Å². The first-order valence-corrected chi connectivity index (χ1v) is 11.4. The number of rotatable bonds is 8. The molecule has 0 aromatic heterocycles. The van der Waals surface area contributed by atoms with Gasteiger partial charge in [-0.1, -0.05) is 24.6 Å². The molecule has 3 aliphatic rings. The number of phenols is 1. The number of aromatic hydroxyl groups is 1.